The van der Waals surface area contributed by atoms with Crippen LogP contribution in [-0.4, -0.2) is 9.97 Å². The van der Waals surface area contributed by atoms with Gasteiger partial charge in [-0.05, 0) is 49.7 Å². The van der Waals surface area contributed by atoms with Crippen molar-refractivity contribution in [2.45, 2.75) is 13.8 Å². The van der Waals surface area contributed by atoms with Crippen molar-refractivity contribution in [2.24, 2.45) is 0 Å². The van der Waals surface area contributed by atoms with Gasteiger partial charge < -0.3 is 0 Å². The minimum Gasteiger partial charge on any atom is -0.228 e. The van der Waals surface area contributed by atoms with E-state index in [4.69, 9.17) is 11.6 Å². The Morgan fingerprint density at radius 3 is 2.38 bits per heavy atom. The molecule has 3 aromatic rings. The molecule has 0 N–H and O–H groups in total. The summed E-state index contributed by atoms with van der Waals surface area (Å²) < 4.78 is 27.0. The summed E-state index contributed by atoms with van der Waals surface area (Å²) >= 11 is 6.16. The molecule has 2 nitrogen and oxygen atoms in total. The molecule has 0 unspecified atom stereocenters. The number of hydrogen-bond donors (Lipinski definition) is 0. The molecule has 5 heteroatoms. The molecular formula is C16H11ClF2N2. The van der Waals surface area contributed by atoms with E-state index in [1.54, 1.807) is 32.0 Å². The van der Waals surface area contributed by atoms with Gasteiger partial charge in [0.1, 0.15) is 16.8 Å². The average Bonchev–Trinajstić information content (AvgIpc) is 2.46. The van der Waals surface area contributed by atoms with Gasteiger partial charge in [-0.3, -0.25) is 0 Å². The highest BCUT2D eigenvalue weighted by atomic mass is 35.5. The molecule has 0 bridgehead atoms. The summed E-state index contributed by atoms with van der Waals surface area (Å²) in [4.78, 5) is 8.60. The maximum absolute atomic E-state index is 13.7. The van der Waals surface area contributed by atoms with Crippen LogP contribution in [0, 0.1) is 25.5 Å². The molecule has 106 valence electrons. The molecule has 0 aliphatic carbocycles. The predicted octanol–water partition coefficient (Wildman–Crippen LogP) is 4.85. The van der Waals surface area contributed by atoms with Crippen molar-refractivity contribution < 1.29 is 8.78 Å². The van der Waals surface area contributed by atoms with Gasteiger partial charge in [0.15, 0.2) is 5.82 Å². The topological polar surface area (TPSA) is 25.8 Å². The van der Waals surface area contributed by atoms with Crippen LogP contribution >= 0.6 is 11.6 Å². The summed E-state index contributed by atoms with van der Waals surface area (Å²) in [6, 6.07) is 7.47. The summed E-state index contributed by atoms with van der Waals surface area (Å²) in [5.74, 6) is -0.296. The first-order chi connectivity index (χ1) is 9.97. The first-order valence-corrected chi connectivity index (χ1v) is 6.74. The van der Waals surface area contributed by atoms with Crippen LogP contribution in [0.2, 0.25) is 5.15 Å². The van der Waals surface area contributed by atoms with Gasteiger partial charge in [0.25, 0.3) is 0 Å². The van der Waals surface area contributed by atoms with Gasteiger partial charge >= 0.3 is 0 Å². The first kappa shape index (κ1) is 13.9. The lowest BCUT2D eigenvalue weighted by Gasteiger charge is -2.08. The fraction of sp³-hybridized carbons (Fsp3) is 0.125. The molecule has 1 aromatic heterocycles. The van der Waals surface area contributed by atoms with Gasteiger partial charge in [0.05, 0.1) is 5.52 Å². The van der Waals surface area contributed by atoms with E-state index in [9.17, 15) is 8.78 Å². The number of aryl methyl sites for hydroxylation is 2. The SMILES string of the molecule is Cc1cc(-c2nc(Cl)c3ccc(F)c(C)c3n2)ccc1F. The molecule has 21 heavy (non-hydrogen) atoms. The van der Waals surface area contributed by atoms with Crippen LogP contribution in [0.25, 0.3) is 22.3 Å². The lowest BCUT2D eigenvalue weighted by atomic mass is 10.1. The zero-order chi connectivity index (χ0) is 15.1. The monoisotopic (exact) mass is 304 g/mol. The number of aromatic nitrogens is 2. The van der Waals surface area contributed by atoms with Gasteiger partial charge in [0.2, 0.25) is 0 Å². The van der Waals surface area contributed by atoms with Crippen molar-refractivity contribution in [3.8, 4) is 11.4 Å². The summed E-state index contributed by atoms with van der Waals surface area (Å²) in [5, 5.41) is 0.846. The average molecular weight is 305 g/mol. The van der Waals surface area contributed by atoms with Crippen LogP contribution in [0.4, 0.5) is 8.78 Å². The minimum atomic E-state index is -0.349. The number of fused-ring (bicyclic) bond motifs is 1. The largest absolute Gasteiger partial charge is 0.228 e. The molecular weight excluding hydrogens is 294 g/mol. The molecule has 0 atom stereocenters. The van der Waals surface area contributed by atoms with Crippen molar-refractivity contribution in [1.29, 1.82) is 0 Å². The van der Waals surface area contributed by atoms with Crippen LogP contribution in [0.15, 0.2) is 30.3 Å². The van der Waals surface area contributed by atoms with Crippen molar-refractivity contribution in [3.63, 3.8) is 0 Å². The molecule has 1 heterocycles. The summed E-state index contributed by atoms with van der Waals surface area (Å²) in [6.45, 7) is 3.30. The molecule has 0 aliphatic rings. The number of hydrogen-bond acceptors (Lipinski definition) is 2. The number of halogens is 3. The Labute approximate surface area is 125 Å². The van der Waals surface area contributed by atoms with Gasteiger partial charge in [-0.25, -0.2) is 18.7 Å². The Hall–Kier alpha value is -2.07. The zero-order valence-electron chi connectivity index (χ0n) is 11.4. The lowest BCUT2D eigenvalue weighted by molar-refractivity contribution is 0.618. The quantitative estimate of drug-likeness (QED) is 0.601. The maximum atomic E-state index is 13.7. The van der Waals surface area contributed by atoms with Crippen LogP contribution in [0.5, 0.6) is 0 Å². The second-order valence-corrected chi connectivity index (χ2v) is 5.23. The van der Waals surface area contributed by atoms with Gasteiger partial charge in [-0.2, -0.15) is 0 Å². The Balaban J connectivity index is 2.28. The smallest absolute Gasteiger partial charge is 0.161 e. The lowest BCUT2D eigenvalue weighted by Crippen LogP contribution is -1.96. The van der Waals surface area contributed by atoms with Crippen LogP contribution in [-0.2, 0) is 0 Å². The zero-order valence-corrected chi connectivity index (χ0v) is 12.2. The molecule has 0 amide bonds. The minimum absolute atomic E-state index is 0.250. The molecule has 0 radical (unpaired) electrons. The summed E-state index contributed by atoms with van der Waals surface area (Å²) in [7, 11) is 0. The fourth-order valence-electron chi connectivity index (χ4n) is 2.18. The van der Waals surface area contributed by atoms with Crippen LogP contribution in [0.3, 0.4) is 0 Å². The molecule has 0 fully saturated rings. The van der Waals surface area contributed by atoms with Crippen molar-refractivity contribution in [2.75, 3.05) is 0 Å². The van der Waals surface area contributed by atoms with Crippen molar-refractivity contribution >= 4 is 22.5 Å². The van der Waals surface area contributed by atoms with E-state index in [1.165, 1.54) is 12.1 Å². The highest BCUT2D eigenvalue weighted by Gasteiger charge is 2.12. The van der Waals surface area contributed by atoms with Crippen molar-refractivity contribution in [1.82, 2.24) is 9.97 Å². The number of nitrogens with zero attached hydrogens (tertiary/aromatic N) is 2. The Kier molecular flexibility index (Phi) is 3.33. The van der Waals surface area contributed by atoms with E-state index in [-0.39, 0.29) is 16.8 Å². The first-order valence-electron chi connectivity index (χ1n) is 6.36. The fourth-order valence-corrected chi connectivity index (χ4v) is 2.42. The van der Waals surface area contributed by atoms with Gasteiger partial charge in [-0.1, -0.05) is 11.6 Å². The van der Waals surface area contributed by atoms with E-state index < -0.39 is 0 Å². The Morgan fingerprint density at radius 2 is 1.67 bits per heavy atom. The standard InChI is InChI=1S/C16H11ClF2N2/c1-8-7-10(3-5-12(8)18)16-20-14-9(2)13(19)6-4-11(14)15(17)21-16/h3-7H,1-2H3. The second-order valence-electron chi connectivity index (χ2n) is 4.87. The van der Waals surface area contributed by atoms with E-state index in [1.807, 2.05) is 0 Å². The Morgan fingerprint density at radius 1 is 0.952 bits per heavy atom. The maximum Gasteiger partial charge on any atom is 0.161 e. The number of benzene rings is 2. The van der Waals surface area contributed by atoms with E-state index in [0.29, 0.717) is 33.4 Å². The summed E-state index contributed by atoms with van der Waals surface area (Å²) in [6.07, 6.45) is 0. The highest BCUT2D eigenvalue weighted by molar-refractivity contribution is 6.34. The molecule has 0 saturated heterocycles. The van der Waals surface area contributed by atoms with Gasteiger partial charge in [-0.15, -0.1) is 0 Å². The molecule has 0 aliphatic heterocycles. The predicted molar refractivity (Wildman–Crippen MR) is 79.4 cm³/mol. The normalized spacial score (nSPS) is 11.1. The van der Waals surface area contributed by atoms with Crippen molar-refractivity contribution in [3.05, 3.63) is 58.2 Å². The van der Waals surface area contributed by atoms with E-state index in [2.05, 4.69) is 9.97 Å². The van der Waals surface area contributed by atoms with E-state index in [0.717, 1.165) is 0 Å². The molecule has 2 aromatic carbocycles. The van der Waals surface area contributed by atoms with Gasteiger partial charge in [0, 0.05) is 16.5 Å². The summed E-state index contributed by atoms with van der Waals surface area (Å²) in [5.41, 5.74) is 2.01. The van der Waals surface area contributed by atoms with E-state index >= 15 is 0 Å². The third-order valence-corrected chi connectivity index (χ3v) is 3.71. The molecule has 3 rings (SSSR count). The number of rotatable bonds is 1. The van der Waals surface area contributed by atoms with Crippen LogP contribution < -0.4 is 0 Å². The highest BCUT2D eigenvalue weighted by Crippen LogP contribution is 2.28. The second kappa shape index (κ2) is 5.04. The Bertz CT molecular complexity index is 863. The molecule has 0 saturated carbocycles. The van der Waals surface area contributed by atoms with Crippen LogP contribution in [0.1, 0.15) is 11.1 Å². The third kappa shape index (κ3) is 2.36. The third-order valence-electron chi connectivity index (χ3n) is 3.43. The molecule has 0 spiro atoms.